The zero-order valence-electron chi connectivity index (χ0n) is 66.5. The molecule has 32 nitrogen and oxygen atoms in total. The van der Waals surface area contributed by atoms with Crippen LogP contribution in [-0.2, 0) is 75.6 Å². The van der Waals surface area contributed by atoms with E-state index in [4.69, 9.17) is 34.8 Å². The number of aromatic carboxylic acids is 1. The first-order valence-electron chi connectivity index (χ1n) is 39.9. The van der Waals surface area contributed by atoms with E-state index >= 15 is 0 Å². The number of hydrogen-bond donors (Lipinski definition) is 11. The van der Waals surface area contributed by atoms with E-state index in [9.17, 15) is 73.5 Å². The number of aromatic nitrogens is 4. The number of aliphatic hydroxyl groups is 3. The number of urea groups is 1. The van der Waals surface area contributed by atoms with Gasteiger partial charge in [-0.2, -0.15) is 5.10 Å². The number of carboxylic acid groups (broad SMARTS) is 2. The molecule has 7 aromatic rings. The van der Waals surface area contributed by atoms with Crippen LogP contribution in [0.25, 0.3) is 21.3 Å². The van der Waals surface area contributed by atoms with E-state index in [1.54, 1.807) is 68.6 Å². The number of hydrogen-bond acceptors (Lipinski definition) is 22. The molecule has 14 rings (SSSR count). The lowest BCUT2D eigenvalue weighted by molar-refractivity contribution is -0.271. The summed E-state index contributed by atoms with van der Waals surface area (Å²) in [6.07, 6.45) is 2.38. The molecule has 5 fully saturated rings. The van der Waals surface area contributed by atoms with Crippen molar-refractivity contribution in [3.63, 3.8) is 0 Å². The summed E-state index contributed by atoms with van der Waals surface area (Å²) in [6, 6.07) is 27.0. The first kappa shape index (κ1) is 84.7. The molecule has 626 valence electrons. The minimum absolute atomic E-state index is 0.00533. The fourth-order valence-electron chi connectivity index (χ4n) is 18.7. The molecule has 4 bridgehead atoms. The van der Waals surface area contributed by atoms with E-state index < -0.39 is 90.2 Å². The quantitative estimate of drug-likeness (QED) is 0.0131. The molecule has 12 N–H and O–H groups in total. The van der Waals surface area contributed by atoms with Crippen molar-refractivity contribution in [1.82, 2.24) is 45.5 Å². The zero-order valence-corrected chi connectivity index (χ0v) is 67.3. The lowest BCUT2D eigenvalue weighted by atomic mass is 9.39. The van der Waals surface area contributed by atoms with Gasteiger partial charge in [-0.25, -0.2) is 29.1 Å². The van der Waals surface area contributed by atoms with Crippen molar-refractivity contribution < 1.29 is 92.4 Å². The molecular formula is C85H101N13O19S. The number of benzene rings is 4. The molecule has 2 unspecified atom stereocenters. The van der Waals surface area contributed by atoms with Crippen molar-refractivity contribution in [2.24, 2.45) is 27.9 Å². The molecule has 118 heavy (non-hydrogen) atoms. The van der Waals surface area contributed by atoms with Gasteiger partial charge in [-0.15, -0.1) is 0 Å². The van der Waals surface area contributed by atoms with E-state index in [2.05, 4.69) is 45.4 Å². The number of nitrogens with zero attached hydrogens (tertiary/aromatic N) is 7. The van der Waals surface area contributed by atoms with Gasteiger partial charge in [0, 0.05) is 92.5 Å². The van der Waals surface area contributed by atoms with Crippen molar-refractivity contribution in [3.05, 3.63) is 161 Å². The third-order valence-corrected chi connectivity index (χ3v) is 24.2. The van der Waals surface area contributed by atoms with Crippen LogP contribution in [0, 0.1) is 29.1 Å². The first-order chi connectivity index (χ1) is 56.3. The van der Waals surface area contributed by atoms with Gasteiger partial charge in [0.15, 0.2) is 16.9 Å². The molecule has 0 radical (unpaired) electrons. The van der Waals surface area contributed by atoms with Gasteiger partial charge in [0.2, 0.25) is 24.0 Å². The molecule has 7 aliphatic rings. The normalized spacial score (nSPS) is 23.5. The van der Waals surface area contributed by atoms with Gasteiger partial charge < -0.3 is 81.3 Å². The van der Waals surface area contributed by atoms with E-state index in [1.807, 2.05) is 59.0 Å². The van der Waals surface area contributed by atoms with Crippen molar-refractivity contribution >= 4 is 97.7 Å². The Hall–Kier alpha value is -11.2. The number of nitrogens with two attached hydrogens (primary N) is 1. The predicted molar refractivity (Wildman–Crippen MR) is 432 cm³/mol. The maximum absolute atomic E-state index is 14.6. The second-order valence-corrected chi connectivity index (χ2v) is 34.2. The molecule has 4 aromatic carbocycles. The zero-order chi connectivity index (χ0) is 84.0. The van der Waals surface area contributed by atoms with E-state index in [0.29, 0.717) is 109 Å². The Bertz CT molecular complexity index is 4910. The topological polar surface area (TPSA) is 448 Å². The van der Waals surface area contributed by atoms with Gasteiger partial charge in [0.25, 0.3) is 17.7 Å². The van der Waals surface area contributed by atoms with Crippen LogP contribution in [0.1, 0.15) is 160 Å². The number of nitrogens with one attached hydrogen (secondary N) is 5. The minimum Gasteiger partial charge on any atom is -0.479 e. The van der Waals surface area contributed by atoms with E-state index in [0.717, 1.165) is 64.0 Å². The maximum atomic E-state index is 14.6. The minimum atomic E-state index is -1.93. The van der Waals surface area contributed by atoms with Crippen LogP contribution in [-0.4, -0.2) is 196 Å². The fourth-order valence-corrected chi connectivity index (χ4v) is 19.6. The first-order valence-corrected chi connectivity index (χ1v) is 40.8. The summed E-state index contributed by atoms with van der Waals surface area (Å²) >= 11 is 1.40. The van der Waals surface area contributed by atoms with Gasteiger partial charge in [-0.1, -0.05) is 94.0 Å². The Morgan fingerprint density at radius 1 is 0.754 bits per heavy atom. The standard InChI is InChI=1S/C85H101N13O19S/c1-49(2)67(93-64(99)19-7-6-12-34-97-65(100)30-31-66(97)101)75(107)90-61(17-10-11-33-87-79(86)112)74(106)89-54-24-20-52(21-25-54)41-114-81(113)96(39-51-22-26-55(27-23-51)116-78-71(104)69(102)70(103)72(117-78)77(110)111)36-37-115-85-45-82(4)42-83(5,46-85)44-84(43-82,47-85)48-98-50(3)58(38-88-98)56-28-29-63(92-68(56)76(108)109)95-35-32-53-14-13-15-57(59(53)40-95)73(105)94-80-91-60-16-8-9-18-62(60)118-80/h8-9,13-16,18,20-31,38,49,61,67,69-72,78,102-104H,6-7,10-12,17,19,32-37,39-48H2,1-5H3,(H,89,106)(H,90,107)(H,93,99)(H,108,109)(H,110,111)(H3,86,87,112)(H,91,94,105)/t61-,67-,69-,70-,71+,72-,78+,82?,83?,84?,85?/m0/s1. The fraction of sp³-hybridized carbons (Fsp3) is 0.471. The molecule has 4 aliphatic carbocycles. The summed E-state index contributed by atoms with van der Waals surface area (Å²) in [5, 5.41) is 71.4. The lowest BCUT2D eigenvalue weighted by Crippen LogP contribution is -2.64. The molecule has 0 spiro atoms. The summed E-state index contributed by atoms with van der Waals surface area (Å²) < 4.78 is 27.3. The number of primary amides is 1. The summed E-state index contributed by atoms with van der Waals surface area (Å²) in [7, 11) is 0. The number of carbonyl (C=O) groups excluding carboxylic acids is 8. The predicted octanol–water partition coefficient (Wildman–Crippen LogP) is 8.51. The number of imide groups is 1. The van der Waals surface area contributed by atoms with Crippen molar-refractivity contribution in [1.29, 1.82) is 0 Å². The number of ether oxygens (including phenoxy) is 4. The number of anilines is 3. The number of thiazole rings is 1. The number of unbranched alkanes of at least 4 members (excludes halogenated alkanes) is 3. The molecule has 3 aromatic heterocycles. The summed E-state index contributed by atoms with van der Waals surface area (Å²) in [5.74, 6) is -5.18. The number of carboxylic acids is 2. The van der Waals surface area contributed by atoms with Crippen LogP contribution < -0.4 is 42.0 Å². The number of rotatable bonds is 35. The lowest BCUT2D eigenvalue weighted by Gasteiger charge is -2.69. The number of para-hydroxylation sites is 1. The molecular weight excluding hydrogens is 1540 g/mol. The smallest absolute Gasteiger partial charge is 0.410 e. The number of fused-ring (bicyclic) bond motifs is 2. The molecule has 1 saturated heterocycles. The second kappa shape index (κ2) is 35.9. The molecule has 9 amide bonds. The SMILES string of the molecule is Cc1c(-c2ccc(N3CCc4cccc(C(=O)Nc5nc6ccccc6s5)c4C3)nc2C(=O)O)cnn1CC12CC3(C)CC(C)(C1)CC(OCCN(Cc1ccc(O[C@@H]4O[C@H](C(=O)O)[C@@H](O)[C@H](O)[C@H]4O)cc1)C(=O)OCc1ccc(NC(=O)[C@H](CCCCNC(N)=O)NC(=O)[C@@H](NC(=O)CCCCCN4C(=O)C=CC4=O)C(C)C)cc1)(C3)C2. The Balaban J connectivity index is 0.669. The number of amides is 9. The van der Waals surface area contributed by atoms with Crippen LogP contribution in [0.2, 0.25) is 0 Å². The number of aliphatic hydroxyl groups excluding tert-OH is 3. The second-order valence-electron chi connectivity index (χ2n) is 33.2. The molecule has 3 aliphatic heterocycles. The van der Waals surface area contributed by atoms with Gasteiger partial charge in [-0.05, 0) is 183 Å². The third kappa shape index (κ3) is 19.8. The largest absolute Gasteiger partial charge is 0.479 e. The summed E-state index contributed by atoms with van der Waals surface area (Å²) in [5.41, 5.74) is 10.5. The van der Waals surface area contributed by atoms with Crippen molar-refractivity contribution in [3.8, 4) is 16.9 Å². The Labute approximate surface area is 685 Å². The Kier molecular flexibility index (Phi) is 25.8. The number of pyridine rings is 1. The van der Waals surface area contributed by atoms with Crippen LogP contribution in [0.15, 0.2) is 121 Å². The van der Waals surface area contributed by atoms with Crippen LogP contribution in [0.3, 0.4) is 0 Å². The van der Waals surface area contributed by atoms with Gasteiger partial charge in [-0.3, -0.25) is 43.7 Å². The van der Waals surface area contributed by atoms with E-state index in [-0.39, 0.29) is 104 Å². The van der Waals surface area contributed by atoms with Crippen LogP contribution in [0.4, 0.5) is 26.2 Å². The van der Waals surface area contributed by atoms with Crippen LogP contribution in [0.5, 0.6) is 5.75 Å². The summed E-state index contributed by atoms with van der Waals surface area (Å²) in [6.45, 7) is 11.9. The monoisotopic (exact) mass is 1640 g/mol. The van der Waals surface area contributed by atoms with Crippen molar-refractivity contribution in [2.45, 2.75) is 199 Å². The average molecular weight is 1640 g/mol. The third-order valence-electron chi connectivity index (χ3n) is 23.2. The summed E-state index contributed by atoms with van der Waals surface area (Å²) in [4.78, 5) is 144. The van der Waals surface area contributed by atoms with E-state index in [1.165, 1.54) is 40.5 Å². The van der Waals surface area contributed by atoms with Gasteiger partial charge >= 0.3 is 24.1 Å². The highest BCUT2D eigenvalue weighted by Crippen LogP contribution is 2.72. The van der Waals surface area contributed by atoms with Gasteiger partial charge in [0.05, 0.1) is 28.6 Å². The number of aliphatic carboxylic acids is 1. The highest BCUT2D eigenvalue weighted by Gasteiger charge is 2.66. The molecule has 6 heterocycles. The highest BCUT2D eigenvalue weighted by atomic mass is 32.1. The number of carbonyl (C=O) groups is 10. The highest BCUT2D eigenvalue weighted by molar-refractivity contribution is 7.22. The Morgan fingerprint density at radius 3 is 2.19 bits per heavy atom. The van der Waals surface area contributed by atoms with Gasteiger partial charge in [0.1, 0.15) is 48.6 Å². The Morgan fingerprint density at radius 2 is 1.48 bits per heavy atom. The van der Waals surface area contributed by atoms with Crippen molar-refractivity contribution in [2.75, 3.05) is 48.3 Å². The van der Waals surface area contributed by atoms with Crippen LogP contribution >= 0.6 is 11.3 Å². The molecule has 33 heteroatoms. The molecule has 4 saturated carbocycles. The molecule has 9 atom stereocenters. The average Bonchev–Trinajstić information content (AvgIpc) is 0.741. The maximum Gasteiger partial charge on any atom is 0.410 e.